The Labute approximate surface area is 86.1 Å². The third kappa shape index (κ3) is 2.43. The number of Topliss-reactive ketones (excluding diaryl/α,β-unsaturated/α-hetero) is 1. The summed E-state index contributed by atoms with van der Waals surface area (Å²) in [6, 6.07) is 4.66. The first-order chi connectivity index (χ1) is 5.93. The molecule has 0 saturated carbocycles. The fourth-order valence-electron chi connectivity index (χ4n) is 0.798. The first-order valence-electron chi connectivity index (χ1n) is 3.29. The van der Waals surface area contributed by atoms with Crippen LogP contribution in [0.1, 0.15) is 10.4 Å². The molecule has 0 aliphatic carbocycles. The molecule has 0 unspecified atom stereocenters. The van der Waals surface area contributed by atoms with Crippen LogP contribution in [0.25, 0.3) is 0 Å². The van der Waals surface area contributed by atoms with Gasteiger partial charge in [-0.2, -0.15) is 8.78 Å². The Balaban J connectivity index is 3.10. The summed E-state index contributed by atoms with van der Waals surface area (Å²) in [5.74, 6) is -2.44. The molecule has 70 valence electrons. The second-order valence-corrected chi connectivity index (χ2v) is 3.66. The number of alkyl halides is 3. The lowest BCUT2D eigenvalue weighted by Gasteiger charge is -2.06. The summed E-state index contributed by atoms with van der Waals surface area (Å²) in [4.78, 5) is 10.9. The normalized spacial score (nSPS) is 11.4. The molecular weight excluding hydrogens is 296 g/mol. The maximum Gasteiger partial charge on any atom is 0.358 e. The van der Waals surface area contributed by atoms with E-state index in [1.807, 2.05) is 0 Å². The van der Waals surface area contributed by atoms with Crippen LogP contribution >= 0.6 is 22.6 Å². The first kappa shape index (κ1) is 10.5. The highest BCUT2D eigenvalue weighted by molar-refractivity contribution is 14.1. The number of hydrogen-bond acceptors (Lipinski definition) is 1. The molecule has 0 aromatic heterocycles. The van der Waals surface area contributed by atoms with Crippen molar-refractivity contribution in [1.82, 2.24) is 0 Å². The van der Waals surface area contributed by atoms with Crippen LogP contribution in [0.2, 0.25) is 0 Å². The van der Waals surface area contributed by atoms with Gasteiger partial charge in [-0.05, 0) is 12.1 Å². The lowest BCUT2D eigenvalue weighted by molar-refractivity contribution is 0.0622. The minimum absolute atomic E-state index is 0.582. The molecular formula is C8H4F3IO. The third-order valence-electron chi connectivity index (χ3n) is 1.38. The van der Waals surface area contributed by atoms with Crippen molar-refractivity contribution in [3.63, 3.8) is 0 Å². The first-order valence-corrected chi connectivity index (χ1v) is 4.37. The molecule has 0 saturated heterocycles. The zero-order valence-electron chi connectivity index (χ0n) is 6.23. The van der Waals surface area contributed by atoms with Crippen molar-refractivity contribution in [2.75, 3.05) is 0 Å². The SMILES string of the molecule is O=C(c1ccccc1F)C(F)(F)I. The second kappa shape index (κ2) is 3.65. The van der Waals surface area contributed by atoms with Gasteiger partial charge >= 0.3 is 3.93 Å². The number of rotatable bonds is 2. The van der Waals surface area contributed by atoms with Crippen LogP contribution in [0.3, 0.4) is 0 Å². The number of hydrogen-bond donors (Lipinski definition) is 0. The highest BCUT2D eigenvalue weighted by Crippen LogP contribution is 2.28. The predicted molar refractivity (Wildman–Crippen MR) is 49.7 cm³/mol. The summed E-state index contributed by atoms with van der Waals surface area (Å²) in [6.07, 6.45) is 0. The van der Waals surface area contributed by atoms with Gasteiger partial charge < -0.3 is 0 Å². The summed E-state index contributed by atoms with van der Waals surface area (Å²) < 4.78 is 34.2. The lowest BCUT2D eigenvalue weighted by Crippen LogP contribution is -2.21. The van der Waals surface area contributed by atoms with E-state index in [1.54, 1.807) is 0 Å². The summed E-state index contributed by atoms with van der Waals surface area (Å²) >= 11 is 0.673. The zero-order valence-corrected chi connectivity index (χ0v) is 8.39. The lowest BCUT2D eigenvalue weighted by atomic mass is 10.1. The summed E-state index contributed by atoms with van der Waals surface area (Å²) in [5.41, 5.74) is -0.582. The van der Waals surface area contributed by atoms with Gasteiger partial charge in [0.25, 0.3) is 0 Å². The van der Waals surface area contributed by atoms with E-state index in [-0.39, 0.29) is 0 Å². The largest absolute Gasteiger partial charge is 0.358 e. The molecule has 0 amide bonds. The molecule has 0 bridgehead atoms. The number of halogens is 4. The van der Waals surface area contributed by atoms with E-state index < -0.39 is 21.1 Å². The summed E-state index contributed by atoms with van der Waals surface area (Å²) in [5, 5.41) is 0. The molecule has 1 aromatic carbocycles. The topological polar surface area (TPSA) is 17.1 Å². The zero-order chi connectivity index (χ0) is 10.1. The molecule has 0 atom stereocenters. The van der Waals surface area contributed by atoms with Gasteiger partial charge in [0, 0.05) is 22.6 Å². The monoisotopic (exact) mass is 300 g/mol. The van der Waals surface area contributed by atoms with Crippen molar-refractivity contribution in [3.8, 4) is 0 Å². The van der Waals surface area contributed by atoms with E-state index in [0.29, 0.717) is 22.6 Å². The van der Waals surface area contributed by atoms with Gasteiger partial charge in [0.05, 0.1) is 5.56 Å². The van der Waals surface area contributed by atoms with Crippen LogP contribution in [0.5, 0.6) is 0 Å². The maximum absolute atomic E-state index is 12.8. The number of carbonyl (C=O) groups excluding carboxylic acids is 1. The van der Waals surface area contributed by atoms with E-state index >= 15 is 0 Å². The van der Waals surface area contributed by atoms with E-state index in [2.05, 4.69) is 0 Å². The van der Waals surface area contributed by atoms with Gasteiger partial charge in [0.1, 0.15) is 5.82 Å². The Morgan fingerprint density at radius 2 is 1.85 bits per heavy atom. The van der Waals surface area contributed by atoms with E-state index in [0.717, 1.165) is 12.1 Å². The molecule has 1 nitrogen and oxygen atoms in total. The number of carbonyl (C=O) groups is 1. The molecule has 1 rings (SSSR count). The van der Waals surface area contributed by atoms with Crippen molar-refractivity contribution < 1.29 is 18.0 Å². The average Bonchev–Trinajstić information content (AvgIpc) is 2.02. The molecule has 1 aromatic rings. The molecule has 0 aliphatic heterocycles. The van der Waals surface area contributed by atoms with Gasteiger partial charge in [-0.1, -0.05) is 12.1 Å². The van der Waals surface area contributed by atoms with Gasteiger partial charge in [-0.3, -0.25) is 4.79 Å². The fourth-order valence-corrected chi connectivity index (χ4v) is 1.09. The Morgan fingerprint density at radius 1 is 1.31 bits per heavy atom. The minimum Gasteiger partial charge on any atom is -0.286 e. The Hall–Kier alpha value is -0.590. The predicted octanol–water partition coefficient (Wildman–Crippen LogP) is 3.04. The number of ketones is 1. The third-order valence-corrected chi connectivity index (χ3v) is 1.87. The second-order valence-electron chi connectivity index (χ2n) is 2.31. The van der Waals surface area contributed by atoms with Crippen molar-refractivity contribution >= 4 is 28.4 Å². The Morgan fingerprint density at radius 3 is 2.31 bits per heavy atom. The van der Waals surface area contributed by atoms with Crippen LogP contribution in [-0.2, 0) is 0 Å². The average molecular weight is 300 g/mol. The Bertz CT molecular complexity index is 332. The minimum atomic E-state index is -3.56. The molecule has 13 heavy (non-hydrogen) atoms. The summed E-state index contributed by atoms with van der Waals surface area (Å²) in [6.45, 7) is 0. The van der Waals surface area contributed by atoms with Crippen LogP contribution in [-0.4, -0.2) is 9.71 Å². The van der Waals surface area contributed by atoms with Crippen LogP contribution in [0.15, 0.2) is 24.3 Å². The van der Waals surface area contributed by atoms with Crippen molar-refractivity contribution in [2.45, 2.75) is 3.93 Å². The molecule has 0 aliphatic rings. The fraction of sp³-hybridized carbons (Fsp3) is 0.125. The van der Waals surface area contributed by atoms with Crippen molar-refractivity contribution in [1.29, 1.82) is 0 Å². The summed E-state index contributed by atoms with van der Waals surface area (Å²) in [7, 11) is 0. The van der Waals surface area contributed by atoms with E-state index in [9.17, 15) is 18.0 Å². The van der Waals surface area contributed by atoms with Crippen LogP contribution in [0, 0.1) is 5.82 Å². The molecule has 5 heteroatoms. The standard InChI is InChI=1S/C8H4F3IO/c9-6-4-2-1-3-5(6)7(13)8(10,11)12/h1-4H. The van der Waals surface area contributed by atoms with E-state index in [1.165, 1.54) is 12.1 Å². The molecule has 0 fully saturated rings. The van der Waals surface area contributed by atoms with Crippen LogP contribution < -0.4 is 0 Å². The van der Waals surface area contributed by atoms with Gasteiger partial charge in [-0.15, -0.1) is 0 Å². The molecule has 0 spiro atoms. The molecule has 0 N–H and O–H groups in total. The van der Waals surface area contributed by atoms with Crippen molar-refractivity contribution in [3.05, 3.63) is 35.6 Å². The molecule has 0 radical (unpaired) electrons. The maximum atomic E-state index is 12.8. The smallest absolute Gasteiger partial charge is 0.286 e. The highest BCUT2D eigenvalue weighted by atomic mass is 127. The van der Waals surface area contributed by atoms with Crippen molar-refractivity contribution in [2.24, 2.45) is 0 Å². The quantitative estimate of drug-likeness (QED) is 0.466. The highest BCUT2D eigenvalue weighted by Gasteiger charge is 2.36. The van der Waals surface area contributed by atoms with Gasteiger partial charge in [0.15, 0.2) is 0 Å². The Kier molecular flexibility index (Phi) is 2.94. The van der Waals surface area contributed by atoms with E-state index in [4.69, 9.17) is 0 Å². The van der Waals surface area contributed by atoms with Crippen LogP contribution in [0.4, 0.5) is 13.2 Å². The number of benzene rings is 1. The molecule has 0 heterocycles. The van der Waals surface area contributed by atoms with Gasteiger partial charge in [-0.25, -0.2) is 4.39 Å². The van der Waals surface area contributed by atoms with Gasteiger partial charge in [0.2, 0.25) is 5.78 Å².